The predicted octanol–water partition coefficient (Wildman–Crippen LogP) is 5.82. The molecular formula is C34H45BrN9O2P. The number of benzene rings is 2. The zero-order valence-electron chi connectivity index (χ0n) is 28.1. The summed E-state index contributed by atoms with van der Waals surface area (Å²) in [6.07, 6.45) is 7.73. The molecule has 0 unspecified atom stereocenters. The van der Waals surface area contributed by atoms with Gasteiger partial charge in [-0.15, -0.1) is 0 Å². The van der Waals surface area contributed by atoms with Crippen molar-refractivity contribution in [1.82, 2.24) is 29.5 Å². The molecule has 2 saturated heterocycles. The van der Waals surface area contributed by atoms with Crippen LogP contribution in [0, 0.1) is 6.92 Å². The van der Waals surface area contributed by atoms with Crippen LogP contribution >= 0.6 is 23.9 Å². The second kappa shape index (κ2) is 14.8. The highest BCUT2D eigenvalue weighted by atomic mass is 79.9. The fourth-order valence-electron chi connectivity index (χ4n) is 6.40. The van der Waals surface area contributed by atoms with Crippen LogP contribution in [0.3, 0.4) is 0 Å². The van der Waals surface area contributed by atoms with E-state index in [1.165, 1.54) is 55.6 Å². The maximum Gasteiger partial charge on any atom is 0.229 e. The van der Waals surface area contributed by atoms with Gasteiger partial charge in [0.2, 0.25) is 5.95 Å². The molecule has 0 atom stereocenters. The Morgan fingerprint density at radius 1 is 0.915 bits per heavy atom. The van der Waals surface area contributed by atoms with Crippen LogP contribution in [0.25, 0.3) is 5.69 Å². The molecule has 2 aromatic carbocycles. The fourth-order valence-corrected chi connectivity index (χ4v) is 7.69. The monoisotopic (exact) mass is 721 g/mol. The minimum atomic E-state index is -0.434. The van der Waals surface area contributed by atoms with Crippen molar-refractivity contribution in [3.63, 3.8) is 0 Å². The molecule has 2 aliphatic rings. The van der Waals surface area contributed by atoms with Gasteiger partial charge in [0, 0.05) is 74.3 Å². The van der Waals surface area contributed by atoms with Gasteiger partial charge < -0.3 is 29.9 Å². The van der Waals surface area contributed by atoms with Crippen LogP contribution in [0.2, 0.25) is 0 Å². The standard InChI is InChI=1S/C34H45BrN9O2P/c1-23-17-29(31(46-4)19-30(23)43-11-9-24(10-12-43)42-15-13-41(2)14-16-42)39-34-36-21-27(35)33(40-34)38-28-8-7-25(18-32(28)47(5)6)44-22-26(45-3)20-37-44/h7-8,17-22,24H,9-16H2,1-6H3,(H2,36,38,39,40). The molecule has 6 rings (SSSR count). The normalized spacial score (nSPS) is 16.5. The van der Waals surface area contributed by atoms with Crippen molar-refractivity contribution in [3.8, 4) is 17.2 Å². The van der Waals surface area contributed by atoms with Crippen LogP contribution in [-0.2, 0) is 0 Å². The maximum atomic E-state index is 5.88. The van der Waals surface area contributed by atoms with Crippen LogP contribution in [-0.4, -0.2) is 109 Å². The lowest BCUT2D eigenvalue weighted by Gasteiger charge is -2.43. The van der Waals surface area contributed by atoms with E-state index in [-0.39, 0.29) is 0 Å². The molecule has 11 nitrogen and oxygen atoms in total. The number of halogens is 1. The highest BCUT2D eigenvalue weighted by Gasteiger charge is 2.28. The molecule has 0 spiro atoms. The van der Waals surface area contributed by atoms with Gasteiger partial charge >= 0.3 is 0 Å². The molecule has 250 valence electrons. The van der Waals surface area contributed by atoms with Gasteiger partial charge in [0.1, 0.15) is 11.6 Å². The average Bonchev–Trinajstić information content (AvgIpc) is 3.57. The third kappa shape index (κ3) is 7.67. The first kappa shape index (κ1) is 33.5. The summed E-state index contributed by atoms with van der Waals surface area (Å²) in [4.78, 5) is 17.1. The van der Waals surface area contributed by atoms with Crippen LogP contribution in [0.5, 0.6) is 11.5 Å². The van der Waals surface area contributed by atoms with Crippen LogP contribution < -0.4 is 30.3 Å². The Hall–Kier alpha value is -3.44. The van der Waals surface area contributed by atoms with Crippen molar-refractivity contribution in [2.45, 2.75) is 25.8 Å². The van der Waals surface area contributed by atoms with Gasteiger partial charge in [0.25, 0.3) is 0 Å². The van der Waals surface area contributed by atoms with Crippen molar-refractivity contribution in [1.29, 1.82) is 0 Å². The maximum absolute atomic E-state index is 5.88. The molecule has 2 aliphatic heterocycles. The highest BCUT2D eigenvalue weighted by Crippen LogP contribution is 2.37. The predicted molar refractivity (Wildman–Crippen MR) is 197 cm³/mol. The quantitative estimate of drug-likeness (QED) is 0.195. The summed E-state index contributed by atoms with van der Waals surface area (Å²) in [5.41, 5.74) is 5.21. The summed E-state index contributed by atoms with van der Waals surface area (Å²) in [7, 11) is 5.15. The Kier molecular flexibility index (Phi) is 10.5. The molecule has 47 heavy (non-hydrogen) atoms. The Morgan fingerprint density at radius 2 is 1.68 bits per heavy atom. The number of rotatable bonds is 10. The summed E-state index contributed by atoms with van der Waals surface area (Å²) in [6.45, 7) is 13.4. The van der Waals surface area contributed by atoms with Gasteiger partial charge in [-0.1, -0.05) is 7.92 Å². The number of hydrogen-bond donors (Lipinski definition) is 2. The summed E-state index contributed by atoms with van der Waals surface area (Å²) in [5.74, 6) is 2.64. The van der Waals surface area contributed by atoms with Gasteiger partial charge in [-0.2, -0.15) is 10.1 Å². The SMILES string of the molecule is COc1cnn(-c2ccc(Nc3nc(Nc4cc(C)c(N5CCC(N6CCN(C)CC6)CC5)cc4OC)ncc3Br)c(P(C)C)c2)c1. The summed E-state index contributed by atoms with van der Waals surface area (Å²) >= 11 is 3.65. The number of ether oxygens (including phenoxy) is 2. The topological polar surface area (TPSA) is 95.8 Å². The zero-order chi connectivity index (χ0) is 33.1. The lowest BCUT2D eigenvalue weighted by molar-refractivity contribution is 0.0982. The van der Waals surface area contributed by atoms with Crippen molar-refractivity contribution in [2.24, 2.45) is 0 Å². The molecule has 4 aromatic rings. The van der Waals surface area contributed by atoms with Gasteiger partial charge in [-0.3, -0.25) is 4.90 Å². The molecule has 0 amide bonds. The summed E-state index contributed by atoms with van der Waals surface area (Å²) in [6, 6.07) is 11.2. The van der Waals surface area contributed by atoms with Crippen molar-refractivity contribution >= 4 is 58.0 Å². The number of piperidine rings is 1. The summed E-state index contributed by atoms with van der Waals surface area (Å²) in [5, 5.41) is 12.6. The van der Waals surface area contributed by atoms with E-state index < -0.39 is 7.92 Å². The first-order chi connectivity index (χ1) is 22.7. The van der Waals surface area contributed by atoms with E-state index in [1.54, 1.807) is 26.6 Å². The van der Waals surface area contributed by atoms with E-state index in [9.17, 15) is 0 Å². The molecule has 4 heterocycles. The van der Waals surface area contributed by atoms with Crippen LogP contribution in [0.4, 0.5) is 28.8 Å². The second-order valence-electron chi connectivity index (χ2n) is 12.5. The van der Waals surface area contributed by atoms with E-state index in [0.717, 1.165) is 46.1 Å². The Bertz CT molecular complexity index is 1680. The third-order valence-corrected chi connectivity index (χ3v) is 11.1. The van der Waals surface area contributed by atoms with E-state index in [1.807, 2.05) is 16.9 Å². The number of aryl methyl sites for hydroxylation is 1. The van der Waals surface area contributed by atoms with Gasteiger partial charge in [0.15, 0.2) is 5.75 Å². The fraction of sp³-hybridized carbons (Fsp3) is 0.441. The minimum absolute atomic E-state index is 0.434. The molecular weight excluding hydrogens is 677 g/mol. The smallest absolute Gasteiger partial charge is 0.229 e. The van der Waals surface area contributed by atoms with Gasteiger partial charge in [-0.05, 0) is 85.9 Å². The lowest BCUT2D eigenvalue weighted by Crippen LogP contribution is -2.52. The third-order valence-electron chi connectivity index (χ3n) is 9.14. The number of piperazine rings is 1. The second-order valence-corrected chi connectivity index (χ2v) is 15.6. The average molecular weight is 723 g/mol. The highest BCUT2D eigenvalue weighted by molar-refractivity contribution is 9.10. The number of methoxy groups -OCH3 is 2. The van der Waals surface area contributed by atoms with Crippen molar-refractivity contribution in [2.75, 3.05) is 89.4 Å². The van der Waals surface area contributed by atoms with Crippen molar-refractivity contribution < 1.29 is 9.47 Å². The molecule has 2 fully saturated rings. The van der Waals surface area contributed by atoms with Crippen LogP contribution in [0.15, 0.2) is 53.4 Å². The van der Waals surface area contributed by atoms with E-state index in [4.69, 9.17) is 14.5 Å². The summed E-state index contributed by atoms with van der Waals surface area (Å²) < 4.78 is 13.8. The molecule has 2 N–H and O–H groups in total. The van der Waals surface area contributed by atoms with Gasteiger partial charge in [-0.25, -0.2) is 9.67 Å². The number of nitrogens with zero attached hydrogens (tertiary/aromatic N) is 7. The number of aromatic nitrogens is 4. The lowest BCUT2D eigenvalue weighted by atomic mass is 10.0. The Balaban J connectivity index is 1.17. The number of anilines is 5. The minimum Gasteiger partial charge on any atom is -0.494 e. The zero-order valence-corrected chi connectivity index (χ0v) is 30.6. The molecule has 0 aliphatic carbocycles. The Labute approximate surface area is 287 Å². The van der Waals surface area contributed by atoms with E-state index in [2.05, 4.69) is 103 Å². The number of hydrogen-bond acceptors (Lipinski definition) is 10. The Morgan fingerprint density at radius 3 is 2.36 bits per heavy atom. The van der Waals surface area contributed by atoms with Crippen LogP contribution in [0.1, 0.15) is 18.4 Å². The molecule has 0 bridgehead atoms. The van der Waals surface area contributed by atoms with Crippen molar-refractivity contribution in [3.05, 3.63) is 59.0 Å². The number of nitrogens with one attached hydrogen (secondary N) is 2. The van der Waals surface area contributed by atoms with E-state index in [0.29, 0.717) is 17.8 Å². The molecule has 2 aromatic heterocycles. The molecule has 0 radical (unpaired) electrons. The van der Waals surface area contributed by atoms with E-state index >= 15 is 0 Å². The largest absolute Gasteiger partial charge is 0.494 e. The molecule has 13 heteroatoms. The number of likely N-dealkylation sites (N-methyl/N-ethyl adjacent to an activating group) is 1. The van der Waals surface area contributed by atoms with Gasteiger partial charge in [0.05, 0.1) is 42.5 Å². The first-order valence-electron chi connectivity index (χ1n) is 16.1. The first-order valence-corrected chi connectivity index (χ1v) is 19.1. The molecule has 0 saturated carbocycles.